The van der Waals surface area contributed by atoms with Crippen molar-refractivity contribution in [3.8, 4) is 0 Å². The second kappa shape index (κ2) is 16.4. The highest BCUT2D eigenvalue weighted by Gasteiger charge is 2.27. The molecule has 14 heteroatoms. The molecule has 0 rings (SSSR count). The van der Waals surface area contributed by atoms with Gasteiger partial charge in [-0.3, -0.25) is 28.8 Å². The molecule has 0 saturated heterocycles. The highest BCUT2D eigenvalue weighted by molar-refractivity contribution is 5.95. The van der Waals surface area contributed by atoms with Gasteiger partial charge in [-0.25, -0.2) is 0 Å². The van der Waals surface area contributed by atoms with Gasteiger partial charge < -0.3 is 43.6 Å². The zero-order chi connectivity index (χ0) is 26.3. The molecule has 0 aromatic heterocycles. The van der Waals surface area contributed by atoms with Crippen molar-refractivity contribution in [2.24, 2.45) is 23.1 Å². The number of nitrogens with one attached hydrogen (secondary N) is 4. The van der Waals surface area contributed by atoms with Crippen LogP contribution in [-0.4, -0.2) is 78.4 Å². The molecule has 0 spiro atoms. The maximum atomic E-state index is 12.5. The van der Waals surface area contributed by atoms with Gasteiger partial charge in [0, 0.05) is 0 Å². The predicted octanol–water partition coefficient (Wildman–Crippen LogP) is -3.35. The Morgan fingerprint density at radius 1 is 0.853 bits per heavy atom. The van der Waals surface area contributed by atoms with E-state index in [2.05, 4.69) is 21.3 Å². The third kappa shape index (κ3) is 14.0. The molecule has 0 heterocycles. The number of amides is 5. The lowest BCUT2D eigenvalue weighted by Crippen LogP contribution is -2.55. The van der Waals surface area contributed by atoms with Crippen molar-refractivity contribution in [3.63, 3.8) is 0 Å². The topological polar surface area (TPSA) is 249 Å². The van der Waals surface area contributed by atoms with Gasteiger partial charge in [-0.05, 0) is 38.1 Å². The zero-order valence-corrected chi connectivity index (χ0v) is 19.6. The standard InChI is InChI=1S/C20H37N7O7/c1-11(2)7-12(22)18(32)27-14(8-15(23)28)20(34)24-9-16(29)26-13(5-3-4-6-21)19(33)25-10-17(30)31/h11-14H,3-10,21-22H2,1-2H3,(H2,23,28)(H,24,34)(H,25,33)(H,26,29)(H,27,32)(H,30,31)/t12-,13-,14-/m0/s1. The van der Waals surface area contributed by atoms with E-state index in [1.54, 1.807) is 0 Å². The van der Waals surface area contributed by atoms with Crippen molar-refractivity contribution in [1.29, 1.82) is 0 Å². The molecule has 0 aliphatic heterocycles. The number of hydrogen-bond donors (Lipinski definition) is 8. The number of aliphatic carboxylic acids is 1. The number of carbonyl (C=O) groups is 6. The number of nitrogens with two attached hydrogens (primary N) is 3. The van der Waals surface area contributed by atoms with Gasteiger partial charge in [0.05, 0.1) is 19.0 Å². The summed E-state index contributed by atoms with van der Waals surface area (Å²) in [4.78, 5) is 71.1. The number of carboxylic acid groups (broad SMARTS) is 1. The van der Waals surface area contributed by atoms with E-state index in [4.69, 9.17) is 22.3 Å². The minimum absolute atomic E-state index is 0.123. The maximum Gasteiger partial charge on any atom is 0.322 e. The van der Waals surface area contributed by atoms with Gasteiger partial charge in [0.2, 0.25) is 29.5 Å². The van der Waals surface area contributed by atoms with Crippen molar-refractivity contribution in [1.82, 2.24) is 21.3 Å². The summed E-state index contributed by atoms with van der Waals surface area (Å²) in [5, 5.41) is 17.9. The fourth-order valence-electron chi connectivity index (χ4n) is 2.89. The SMILES string of the molecule is CC(C)C[C@H](N)C(=O)N[C@@H](CC(N)=O)C(=O)NCC(=O)N[C@@H](CCCCN)C(=O)NCC(=O)O. The second-order valence-electron chi connectivity index (χ2n) is 8.20. The van der Waals surface area contributed by atoms with E-state index >= 15 is 0 Å². The first-order valence-electron chi connectivity index (χ1n) is 11.0. The molecule has 5 amide bonds. The van der Waals surface area contributed by atoms with Crippen LogP contribution in [0.4, 0.5) is 0 Å². The van der Waals surface area contributed by atoms with Crippen LogP contribution in [0.15, 0.2) is 0 Å². The number of carboxylic acids is 1. The van der Waals surface area contributed by atoms with Crippen LogP contribution in [0.1, 0.15) is 46.0 Å². The first-order valence-corrected chi connectivity index (χ1v) is 11.0. The minimum atomic E-state index is -1.34. The lowest BCUT2D eigenvalue weighted by atomic mass is 10.0. The lowest BCUT2D eigenvalue weighted by Gasteiger charge is -2.21. The Bertz CT molecular complexity index is 730. The summed E-state index contributed by atoms with van der Waals surface area (Å²) in [6.07, 6.45) is 1.14. The van der Waals surface area contributed by atoms with Crippen molar-refractivity contribution in [2.45, 2.75) is 64.1 Å². The van der Waals surface area contributed by atoms with E-state index in [-0.39, 0.29) is 12.3 Å². The minimum Gasteiger partial charge on any atom is -0.480 e. The van der Waals surface area contributed by atoms with Crippen LogP contribution in [0.25, 0.3) is 0 Å². The highest BCUT2D eigenvalue weighted by atomic mass is 16.4. The van der Waals surface area contributed by atoms with Crippen LogP contribution in [0.3, 0.4) is 0 Å². The summed E-state index contributed by atoms with van der Waals surface area (Å²) in [6.45, 7) is 2.92. The van der Waals surface area contributed by atoms with Crippen molar-refractivity contribution in [2.75, 3.05) is 19.6 Å². The molecule has 0 aliphatic rings. The molecule has 34 heavy (non-hydrogen) atoms. The largest absolute Gasteiger partial charge is 0.480 e. The molecule has 14 nitrogen and oxygen atoms in total. The van der Waals surface area contributed by atoms with Gasteiger partial charge in [-0.15, -0.1) is 0 Å². The van der Waals surface area contributed by atoms with E-state index in [0.717, 1.165) is 0 Å². The Morgan fingerprint density at radius 2 is 1.44 bits per heavy atom. The summed E-state index contributed by atoms with van der Waals surface area (Å²) in [6, 6.07) is -3.27. The number of rotatable bonds is 17. The van der Waals surface area contributed by atoms with Gasteiger partial charge in [-0.1, -0.05) is 13.8 Å². The van der Waals surface area contributed by atoms with E-state index in [9.17, 15) is 28.8 Å². The summed E-state index contributed by atoms with van der Waals surface area (Å²) in [5.41, 5.74) is 16.4. The van der Waals surface area contributed by atoms with E-state index in [1.165, 1.54) is 0 Å². The lowest BCUT2D eigenvalue weighted by molar-refractivity contribution is -0.138. The third-order valence-electron chi connectivity index (χ3n) is 4.54. The van der Waals surface area contributed by atoms with Crippen molar-refractivity contribution in [3.05, 3.63) is 0 Å². The number of primary amides is 1. The molecule has 0 aromatic rings. The van der Waals surface area contributed by atoms with E-state index in [1.807, 2.05) is 13.8 Å². The molecular formula is C20H37N7O7. The fraction of sp³-hybridized carbons (Fsp3) is 0.700. The van der Waals surface area contributed by atoms with Gasteiger partial charge in [0.15, 0.2) is 0 Å². The van der Waals surface area contributed by atoms with Gasteiger partial charge >= 0.3 is 5.97 Å². The Balaban J connectivity index is 5.00. The quantitative estimate of drug-likeness (QED) is 0.0953. The van der Waals surface area contributed by atoms with Gasteiger partial charge in [0.25, 0.3) is 0 Å². The Morgan fingerprint density at radius 3 is 1.97 bits per heavy atom. The molecule has 0 aliphatic carbocycles. The molecule has 0 aromatic carbocycles. The summed E-state index contributed by atoms with van der Waals surface area (Å²) in [5.74, 6) is -4.89. The van der Waals surface area contributed by atoms with Crippen molar-refractivity contribution < 1.29 is 33.9 Å². The first kappa shape index (κ1) is 30.7. The zero-order valence-electron chi connectivity index (χ0n) is 19.6. The van der Waals surface area contributed by atoms with Crippen LogP contribution in [0, 0.1) is 5.92 Å². The van der Waals surface area contributed by atoms with Gasteiger partial charge in [0.1, 0.15) is 18.6 Å². The molecule has 11 N–H and O–H groups in total. The molecule has 0 saturated carbocycles. The fourth-order valence-corrected chi connectivity index (χ4v) is 2.89. The van der Waals surface area contributed by atoms with E-state index < -0.39 is 73.1 Å². The van der Waals surface area contributed by atoms with Crippen LogP contribution < -0.4 is 38.5 Å². The Kier molecular flexibility index (Phi) is 14.8. The van der Waals surface area contributed by atoms with E-state index in [0.29, 0.717) is 25.8 Å². The monoisotopic (exact) mass is 487 g/mol. The van der Waals surface area contributed by atoms with Crippen LogP contribution >= 0.6 is 0 Å². The molecule has 0 bridgehead atoms. The second-order valence-corrected chi connectivity index (χ2v) is 8.20. The Labute approximate surface area is 198 Å². The number of unbranched alkanes of at least 4 members (excludes halogenated alkanes) is 1. The first-order chi connectivity index (χ1) is 15.9. The molecule has 0 fully saturated rings. The average molecular weight is 488 g/mol. The maximum absolute atomic E-state index is 12.5. The predicted molar refractivity (Wildman–Crippen MR) is 122 cm³/mol. The molecule has 0 unspecified atom stereocenters. The van der Waals surface area contributed by atoms with Gasteiger partial charge in [-0.2, -0.15) is 0 Å². The molecule has 194 valence electrons. The van der Waals surface area contributed by atoms with Crippen LogP contribution in [0.2, 0.25) is 0 Å². The smallest absolute Gasteiger partial charge is 0.322 e. The third-order valence-corrected chi connectivity index (χ3v) is 4.54. The molecule has 0 radical (unpaired) electrons. The van der Waals surface area contributed by atoms with Crippen LogP contribution in [-0.2, 0) is 28.8 Å². The average Bonchev–Trinajstić information content (AvgIpc) is 2.73. The summed E-state index contributed by atoms with van der Waals surface area (Å²) >= 11 is 0. The Hall–Kier alpha value is -3.26. The van der Waals surface area contributed by atoms with Crippen molar-refractivity contribution >= 4 is 35.5 Å². The normalized spacial score (nSPS) is 13.3. The summed E-state index contributed by atoms with van der Waals surface area (Å²) < 4.78 is 0. The van der Waals surface area contributed by atoms with Crippen LogP contribution in [0.5, 0.6) is 0 Å². The number of hydrogen-bond acceptors (Lipinski definition) is 8. The molecule has 3 atom stereocenters. The highest BCUT2D eigenvalue weighted by Crippen LogP contribution is 2.04. The summed E-state index contributed by atoms with van der Waals surface area (Å²) in [7, 11) is 0. The number of carbonyl (C=O) groups excluding carboxylic acids is 5. The molecular weight excluding hydrogens is 450 g/mol.